The van der Waals surface area contributed by atoms with Gasteiger partial charge >= 0.3 is 0 Å². The van der Waals surface area contributed by atoms with E-state index in [2.05, 4.69) is 15.5 Å². The fraction of sp³-hybridized carbons (Fsp3) is 0.400. The van der Waals surface area contributed by atoms with Crippen LogP contribution in [-0.4, -0.2) is 16.0 Å². The molecule has 1 amide bonds. The first kappa shape index (κ1) is 15.5. The summed E-state index contributed by atoms with van der Waals surface area (Å²) in [6.07, 6.45) is 0. The highest BCUT2D eigenvalue weighted by atomic mass is 35.5. The largest absolute Gasteiger partial charge is 0.338 e. The van der Waals surface area contributed by atoms with Crippen molar-refractivity contribution in [2.45, 2.75) is 39.5 Å². The second kappa shape index (κ2) is 6.26. The Hall–Kier alpha value is -1.88. The average molecular weight is 308 g/mol. The Balaban J connectivity index is 2.19. The Labute approximate surface area is 128 Å². The Kier molecular flexibility index (Phi) is 4.63. The molecule has 6 heteroatoms. The number of amides is 1. The third-order valence-electron chi connectivity index (χ3n) is 3.02. The molecule has 2 heterocycles. The molecule has 0 aliphatic heterocycles. The molecule has 1 N–H and O–H groups in total. The minimum Gasteiger partial charge on any atom is -0.338 e. The molecule has 2 rings (SSSR count). The molecular formula is C15H18ClN3O2. The summed E-state index contributed by atoms with van der Waals surface area (Å²) in [6.45, 7) is 7.99. The van der Waals surface area contributed by atoms with Crippen molar-refractivity contribution in [1.82, 2.24) is 10.1 Å². The van der Waals surface area contributed by atoms with Gasteiger partial charge in [-0.05, 0) is 24.0 Å². The number of aromatic nitrogens is 2. The number of nitrogens with zero attached hydrogens (tertiary/aromatic N) is 2. The lowest BCUT2D eigenvalue weighted by molar-refractivity contribution is 0.102. The summed E-state index contributed by atoms with van der Waals surface area (Å²) >= 11 is 5.96. The second-order valence-corrected chi connectivity index (χ2v) is 5.87. The summed E-state index contributed by atoms with van der Waals surface area (Å²) in [5.74, 6) is 0.450. The molecule has 0 bridgehead atoms. The number of anilines is 1. The minimum atomic E-state index is -0.298. The first-order chi connectivity index (χ1) is 9.86. The number of nitrogens with one attached hydrogen (secondary N) is 1. The van der Waals surface area contributed by atoms with Crippen LogP contribution in [0.5, 0.6) is 0 Å². The van der Waals surface area contributed by atoms with Crippen LogP contribution in [0.3, 0.4) is 0 Å². The van der Waals surface area contributed by atoms with Crippen LogP contribution >= 0.6 is 11.6 Å². The molecule has 0 spiro atoms. The fourth-order valence-electron chi connectivity index (χ4n) is 1.75. The monoisotopic (exact) mass is 307 g/mol. The number of hydrogen-bond acceptors (Lipinski definition) is 4. The van der Waals surface area contributed by atoms with E-state index in [1.807, 2.05) is 27.7 Å². The van der Waals surface area contributed by atoms with Gasteiger partial charge in [-0.3, -0.25) is 10.1 Å². The molecule has 0 aliphatic rings. The second-order valence-electron chi connectivity index (χ2n) is 5.48. The van der Waals surface area contributed by atoms with Gasteiger partial charge in [-0.25, -0.2) is 4.98 Å². The highest BCUT2D eigenvalue weighted by Crippen LogP contribution is 2.20. The van der Waals surface area contributed by atoms with Gasteiger partial charge in [-0.15, -0.1) is 0 Å². The number of rotatable bonds is 4. The van der Waals surface area contributed by atoms with Gasteiger partial charge in [0.2, 0.25) is 5.88 Å². The zero-order chi connectivity index (χ0) is 15.6. The standard InChI is InChI=1S/C15H18ClN3O2/c1-8(2)11-5-10(6-13(16)17-11)15(20)18-14-7-12(9(3)4)19-21-14/h5-9H,1-4H3,(H,18,20). The maximum atomic E-state index is 12.2. The van der Waals surface area contributed by atoms with Crippen molar-refractivity contribution in [2.75, 3.05) is 5.32 Å². The lowest BCUT2D eigenvalue weighted by Gasteiger charge is -2.08. The molecule has 112 valence electrons. The molecule has 21 heavy (non-hydrogen) atoms. The molecule has 0 fully saturated rings. The van der Waals surface area contributed by atoms with Crippen LogP contribution in [0.4, 0.5) is 5.88 Å². The van der Waals surface area contributed by atoms with E-state index in [0.29, 0.717) is 16.6 Å². The average Bonchev–Trinajstić information content (AvgIpc) is 2.86. The molecule has 0 aliphatic carbocycles. The van der Waals surface area contributed by atoms with Crippen molar-refractivity contribution in [2.24, 2.45) is 0 Å². The van der Waals surface area contributed by atoms with Crippen molar-refractivity contribution >= 4 is 23.4 Å². The molecule has 2 aromatic heterocycles. The van der Waals surface area contributed by atoms with Crippen LogP contribution < -0.4 is 5.32 Å². The molecule has 0 unspecified atom stereocenters. The Morgan fingerprint density at radius 3 is 2.38 bits per heavy atom. The number of hydrogen-bond donors (Lipinski definition) is 1. The van der Waals surface area contributed by atoms with Crippen molar-refractivity contribution in [3.05, 3.63) is 40.3 Å². The van der Waals surface area contributed by atoms with E-state index < -0.39 is 0 Å². The molecule has 2 aromatic rings. The lowest BCUT2D eigenvalue weighted by atomic mass is 10.1. The third-order valence-corrected chi connectivity index (χ3v) is 3.22. The van der Waals surface area contributed by atoms with Crippen molar-refractivity contribution in [3.8, 4) is 0 Å². The Morgan fingerprint density at radius 2 is 1.81 bits per heavy atom. The normalized spacial score (nSPS) is 11.2. The van der Waals surface area contributed by atoms with Gasteiger partial charge in [-0.1, -0.05) is 44.5 Å². The molecule has 0 radical (unpaired) electrons. The van der Waals surface area contributed by atoms with E-state index in [1.54, 1.807) is 12.1 Å². The third kappa shape index (κ3) is 3.82. The van der Waals surface area contributed by atoms with Gasteiger partial charge in [0, 0.05) is 17.3 Å². The maximum absolute atomic E-state index is 12.2. The smallest absolute Gasteiger partial charge is 0.258 e. The van der Waals surface area contributed by atoms with Crippen LogP contribution in [0.15, 0.2) is 22.7 Å². The zero-order valence-electron chi connectivity index (χ0n) is 12.5. The minimum absolute atomic E-state index is 0.188. The number of carbonyl (C=O) groups excluding carboxylic acids is 1. The van der Waals surface area contributed by atoms with Crippen molar-refractivity contribution < 1.29 is 9.32 Å². The SMILES string of the molecule is CC(C)c1cc(NC(=O)c2cc(Cl)nc(C(C)C)c2)on1. The molecule has 5 nitrogen and oxygen atoms in total. The van der Waals surface area contributed by atoms with Crippen molar-refractivity contribution in [1.29, 1.82) is 0 Å². The molecule has 0 saturated heterocycles. The zero-order valence-corrected chi connectivity index (χ0v) is 13.2. The first-order valence-corrected chi connectivity index (χ1v) is 7.20. The predicted molar refractivity (Wildman–Crippen MR) is 81.9 cm³/mol. The summed E-state index contributed by atoms with van der Waals surface area (Å²) in [5, 5.41) is 6.87. The van der Waals surface area contributed by atoms with Crippen LogP contribution in [0.2, 0.25) is 5.15 Å². The van der Waals surface area contributed by atoms with E-state index in [4.69, 9.17) is 16.1 Å². The van der Waals surface area contributed by atoms with Gasteiger partial charge in [0.15, 0.2) is 0 Å². The van der Waals surface area contributed by atoms with E-state index in [0.717, 1.165) is 11.4 Å². The number of halogens is 1. The van der Waals surface area contributed by atoms with Gasteiger partial charge in [0.1, 0.15) is 5.15 Å². The fourth-order valence-corrected chi connectivity index (χ4v) is 1.96. The lowest BCUT2D eigenvalue weighted by Crippen LogP contribution is -2.12. The Morgan fingerprint density at radius 1 is 1.14 bits per heavy atom. The van der Waals surface area contributed by atoms with Crippen LogP contribution in [-0.2, 0) is 0 Å². The highest BCUT2D eigenvalue weighted by molar-refractivity contribution is 6.29. The van der Waals surface area contributed by atoms with Gasteiger partial charge in [0.25, 0.3) is 5.91 Å². The van der Waals surface area contributed by atoms with E-state index in [1.165, 1.54) is 6.07 Å². The maximum Gasteiger partial charge on any atom is 0.258 e. The van der Waals surface area contributed by atoms with Gasteiger partial charge in [-0.2, -0.15) is 0 Å². The summed E-state index contributed by atoms with van der Waals surface area (Å²) in [4.78, 5) is 16.4. The quantitative estimate of drug-likeness (QED) is 0.859. The van der Waals surface area contributed by atoms with E-state index in [9.17, 15) is 4.79 Å². The van der Waals surface area contributed by atoms with Gasteiger partial charge in [0.05, 0.1) is 5.69 Å². The summed E-state index contributed by atoms with van der Waals surface area (Å²) in [6, 6.07) is 4.98. The molecule has 0 aromatic carbocycles. The van der Waals surface area contributed by atoms with Gasteiger partial charge < -0.3 is 4.52 Å². The number of carbonyl (C=O) groups is 1. The summed E-state index contributed by atoms with van der Waals surface area (Å²) in [5.41, 5.74) is 2.01. The highest BCUT2D eigenvalue weighted by Gasteiger charge is 2.14. The topological polar surface area (TPSA) is 68.0 Å². The predicted octanol–water partition coefficient (Wildman–Crippen LogP) is 4.22. The van der Waals surface area contributed by atoms with E-state index >= 15 is 0 Å². The number of pyridine rings is 1. The van der Waals surface area contributed by atoms with Crippen LogP contribution in [0.1, 0.15) is 61.3 Å². The van der Waals surface area contributed by atoms with Crippen LogP contribution in [0.25, 0.3) is 0 Å². The van der Waals surface area contributed by atoms with E-state index in [-0.39, 0.29) is 17.7 Å². The summed E-state index contributed by atoms with van der Waals surface area (Å²) in [7, 11) is 0. The first-order valence-electron chi connectivity index (χ1n) is 6.82. The Bertz CT molecular complexity index is 650. The summed E-state index contributed by atoms with van der Waals surface area (Å²) < 4.78 is 5.10. The molecule has 0 saturated carbocycles. The van der Waals surface area contributed by atoms with Crippen LogP contribution in [0, 0.1) is 0 Å². The van der Waals surface area contributed by atoms with Crippen molar-refractivity contribution in [3.63, 3.8) is 0 Å². The molecular weight excluding hydrogens is 290 g/mol. The molecule has 0 atom stereocenters.